The smallest absolute Gasteiger partial charge is 0.338 e. The Morgan fingerprint density at radius 2 is 2.00 bits per heavy atom. The van der Waals surface area contributed by atoms with Crippen LogP contribution in [0.1, 0.15) is 20.8 Å². The molecule has 0 aliphatic carbocycles. The molecule has 1 aromatic heterocycles. The molecule has 4 rings (SSSR count). The molecular weight excluding hydrogens is 451 g/mol. The predicted molar refractivity (Wildman–Crippen MR) is 115 cm³/mol. The number of carbonyl (C=O) groups is 1. The van der Waals surface area contributed by atoms with Gasteiger partial charge >= 0.3 is 5.97 Å². The SMILES string of the molecule is O=C(O)c1cc(S(=O)(=O)Nc2ccccc2N2CCc3sccc3C2)c(Cl)cc1F. The van der Waals surface area contributed by atoms with E-state index in [2.05, 4.69) is 15.7 Å². The normalized spacial score (nSPS) is 13.7. The lowest BCUT2D eigenvalue weighted by Gasteiger charge is -2.30. The second-order valence-electron chi connectivity index (χ2n) is 6.73. The van der Waals surface area contributed by atoms with E-state index in [0.717, 1.165) is 19.0 Å². The largest absolute Gasteiger partial charge is 0.478 e. The fraction of sp³-hybridized carbons (Fsp3) is 0.150. The van der Waals surface area contributed by atoms with E-state index in [1.807, 2.05) is 17.5 Å². The lowest BCUT2D eigenvalue weighted by molar-refractivity contribution is 0.0691. The molecule has 6 nitrogen and oxygen atoms in total. The summed E-state index contributed by atoms with van der Waals surface area (Å²) in [4.78, 5) is 14.1. The Hall–Kier alpha value is -2.62. The standard InChI is InChI=1S/C20H16ClFN2O4S2/c21-14-10-15(22)13(20(25)26)9-19(14)30(27,28)23-16-3-1-2-4-17(16)24-7-5-18-12(11-24)6-8-29-18/h1-4,6,8-10,23H,5,7,11H2,(H,25,26). The predicted octanol–water partition coefficient (Wildman–Crippen LogP) is 4.60. The maximum absolute atomic E-state index is 13.8. The minimum absolute atomic E-state index is 0.327. The fourth-order valence-electron chi connectivity index (χ4n) is 3.39. The molecule has 0 unspecified atom stereocenters. The first-order valence-corrected chi connectivity index (χ1v) is 11.6. The number of halogens is 2. The highest BCUT2D eigenvalue weighted by Gasteiger charge is 2.26. The number of nitrogens with one attached hydrogen (secondary N) is 1. The number of hydrogen-bond donors (Lipinski definition) is 2. The van der Waals surface area contributed by atoms with Gasteiger partial charge in [-0.25, -0.2) is 17.6 Å². The number of para-hydroxylation sites is 2. The number of carboxylic acid groups (broad SMARTS) is 1. The van der Waals surface area contributed by atoms with Gasteiger partial charge in [0.05, 0.1) is 22.0 Å². The van der Waals surface area contributed by atoms with E-state index in [4.69, 9.17) is 16.7 Å². The minimum atomic E-state index is -4.26. The first-order valence-electron chi connectivity index (χ1n) is 8.90. The van der Waals surface area contributed by atoms with E-state index in [1.165, 1.54) is 10.4 Å². The van der Waals surface area contributed by atoms with Crippen LogP contribution in [0.5, 0.6) is 0 Å². The summed E-state index contributed by atoms with van der Waals surface area (Å²) in [6.45, 7) is 1.38. The van der Waals surface area contributed by atoms with Crippen molar-refractivity contribution in [2.24, 2.45) is 0 Å². The van der Waals surface area contributed by atoms with Crippen LogP contribution in [0.25, 0.3) is 0 Å². The quantitative estimate of drug-likeness (QED) is 0.573. The highest BCUT2D eigenvalue weighted by Crippen LogP contribution is 2.34. The van der Waals surface area contributed by atoms with Crippen molar-refractivity contribution >= 4 is 50.3 Å². The molecule has 156 valence electrons. The van der Waals surface area contributed by atoms with E-state index in [1.54, 1.807) is 23.5 Å². The maximum Gasteiger partial charge on any atom is 0.338 e. The Labute approximate surface area is 181 Å². The summed E-state index contributed by atoms with van der Waals surface area (Å²) in [5, 5.41) is 10.8. The van der Waals surface area contributed by atoms with E-state index < -0.39 is 37.3 Å². The van der Waals surface area contributed by atoms with Crippen LogP contribution in [-0.2, 0) is 23.0 Å². The number of hydrogen-bond acceptors (Lipinski definition) is 5. The Morgan fingerprint density at radius 3 is 2.77 bits per heavy atom. The topological polar surface area (TPSA) is 86.7 Å². The zero-order valence-electron chi connectivity index (χ0n) is 15.4. The van der Waals surface area contributed by atoms with Crippen LogP contribution in [0.3, 0.4) is 0 Å². The average molecular weight is 467 g/mol. The van der Waals surface area contributed by atoms with E-state index in [9.17, 15) is 17.6 Å². The number of benzene rings is 2. The molecule has 0 bridgehead atoms. The highest BCUT2D eigenvalue weighted by molar-refractivity contribution is 7.92. The van der Waals surface area contributed by atoms with Crippen LogP contribution in [0.15, 0.2) is 52.7 Å². The molecule has 0 saturated carbocycles. The van der Waals surface area contributed by atoms with Crippen molar-refractivity contribution in [3.8, 4) is 0 Å². The molecule has 2 N–H and O–H groups in total. The summed E-state index contributed by atoms with van der Waals surface area (Å²) >= 11 is 7.64. The van der Waals surface area contributed by atoms with Gasteiger partial charge in [0, 0.05) is 18.0 Å². The van der Waals surface area contributed by atoms with Gasteiger partial charge in [-0.1, -0.05) is 23.7 Å². The van der Waals surface area contributed by atoms with Crippen molar-refractivity contribution in [1.82, 2.24) is 0 Å². The van der Waals surface area contributed by atoms with E-state index in [-0.39, 0.29) is 0 Å². The first-order chi connectivity index (χ1) is 14.3. The number of thiophene rings is 1. The van der Waals surface area contributed by atoms with Gasteiger partial charge in [0.25, 0.3) is 10.0 Å². The van der Waals surface area contributed by atoms with Crippen molar-refractivity contribution in [1.29, 1.82) is 0 Å². The molecule has 1 aliphatic heterocycles. The van der Waals surface area contributed by atoms with Gasteiger partial charge in [-0.05, 0) is 47.7 Å². The van der Waals surface area contributed by atoms with Crippen LogP contribution < -0.4 is 9.62 Å². The number of nitrogens with zero attached hydrogens (tertiary/aromatic N) is 1. The third kappa shape index (κ3) is 3.88. The van der Waals surface area contributed by atoms with Gasteiger partial charge in [-0.2, -0.15) is 0 Å². The lowest BCUT2D eigenvalue weighted by atomic mass is 10.1. The zero-order chi connectivity index (χ0) is 21.5. The number of aromatic carboxylic acids is 1. The fourth-order valence-corrected chi connectivity index (χ4v) is 5.89. The molecule has 2 aromatic carbocycles. The van der Waals surface area contributed by atoms with Gasteiger partial charge in [0.1, 0.15) is 10.7 Å². The Balaban J connectivity index is 1.69. The second kappa shape index (κ2) is 7.90. The Bertz CT molecular complexity index is 1240. The van der Waals surface area contributed by atoms with Gasteiger partial charge in [0.2, 0.25) is 0 Å². The van der Waals surface area contributed by atoms with Crippen molar-refractivity contribution in [3.63, 3.8) is 0 Å². The van der Waals surface area contributed by atoms with Crippen molar-refractivity contribution < 1.29 is 22.7 Å². The number of anilines is 2. The third-order valence-corrected chi connectivity index (χ3v) is 7.69. The molecule has 0 spiro atoms. The van der Waals surface area contributed by atoms with Gasteiger partial charge < -0.3 is 10.0 Å². The third-order valence-electron chi connectivity index (χ3n) is 4.84. The summed E-state index contributed by atoms with van der Waals surface area (Å²) < 4.78 is 42.2. The summed E-state index contributed by atoms with van der Waals surface area (Å²) in [6, 6.07) is 10.4. The van der Waals surface area contributed by atoms with Crippen molar-refractivity contribution in [2.75, 3.05) is 16.2 Å². The molecule has 0 radical (unpaired) electrons. The lowest BCUT2D eigenvalue weighted by Crippen LogP contribution is -2.30. The minimum Gasteiger partial charge on any atom is -0.478 e. The number of sulfonamides is 1. The van der Waals surface area contributed by atoms with Crippen LogP contribution in [0.4, 0.5) is 15.8 Å². The van der Waals surface area contributed by atoms with Crippen molar-refractivity contribution in [2.45, 2.75) is 17.9 Å². The molecule has 2 heterocycles. The number of carboxylic acids is 1. The average Bonchev–Trinajstić information content (AvgIpc) is 3.15. The molecule has 1 aliphatic rings. The summed E-state index contributed by atoms with van der Waals surface area (Å²) in [6.07, 6.45) is 0.861. The van der Waals surface area contributed by atoms with E-state index in [0.29, 0.717) is 24.0 Å². The molecule has 3 aromatic rings. The van der Waals surface area contributed by atoms with Gasteiger partial charge in [-0.3, -0.25) is 4.72 Å². The number of rotatable bonds is 5. The highest BCUT2D eigenvalue weighted by atomic mass is 35.5. The van der Waals surface area contributed by atoms with Crippen LogP contribution >= 0.6 is 22.9 Å². The molecular formula is C20H16ClFN2O4S2. The second-order valence-corrected chi connectivity index (χ2v) is 9.79. The zero-order valence-corrected chi connectivity index (χ0v) is 17.8. The van der Waals surface area contributed by atoms with Crippen LogP contribution in [0.2, 0.25) is 5.02 Å². The summed E-state index contributed by atoms with van der Waals surface area (Å²) in [5.74, 6) is -2.69. The Kier molecular flexibility index (Phi) is 5.44. The monoisotopic (exact) mass is 466 g/mol. The molecule has 10 heteroatoms. The van der Waals surface area contributed by atoms with Gasteiger partial charge in [-0.15, -0.1) is 11.3 Å². The molecule has 30 heavy (non-hydrogen) atoms. The summed E-state index contributed by atoms with van der Waals surface area (Å²) in [5.41, 5.74) is 1.45. The maximum atomic E-state index is 13.8. The molecule has 0 atom stereocenters. The first kappa shape index (κ1) is 20.6. The van der Waals surface area contributed by atoms with Crippen LogP contribution in [0, 0.1) is 5.82 Å². The molecule has 0 saturated heterocycles. The van der Waals surface area contributed by atoms with Crippen molar-refractivity contribution in [3.05, 3.63) is 74.7 Å². The van der Waals surface area contributed by atoms with E-state index >= 15 is 0 Å². The van der Waals surface area contributed by atoms with Crippen LogP contribution in [-0.4, -0.2) is 26.0 Å². The molecule has 0 amide bonds. The number of fused-ring (bicyclic) bond motifs is 1. The van der Waals surface area contributed by atoms with Gasteiger partial charge in [0.15, 0.2) is 0 Å². The summed E-state index contributed by atoms with van der Waals surface area (Å²) in [7, 11) is -4.26. The Morgan fingerprint density at radius 1 is 1.23 bits per heavy atom. The molecule has 0 fully saturated rings.